The van der Waals surface area contributed by atoms with E-state index >= 15 is 0 Å². The van der Waals surface area contributed by atoms with Gasteiger partial charge in [-0.3, -0.25) is 15.0 Å². The molecule has 0 spiro atoms. The van der Waals surface area contributed by atoms with Gasteiger partial charge in [0.05, 0.1) is 11.4 Å². The average Bonchev–Trinajstić information content (AvgIpc) is 3.30. The number of rotatable bonds is 6. The molecule has 0 saturated heterocycles. The van der Waals surface area contributed by atoms with Crippen molar-refractivity contribution < 1.29 is 4.79 Å². The van der Waals surface area contributed by atoms with E-state index in [1.54, 1.807) is 48.5 Å². The Morgan fingerprint density at radius 1 is 0.688 bits per heavy atom. The number of ketones is 1. The SMILES string of the molecule is Nc1n[nH]c(N)c1N=Nc1cccc(C(=O)c2cccc(N=Nc3c(N)n[nH]c3N)c2)c1. The summed E-state index contributed by atoms with van der Waals surface area (Å²) in [4.78, 5) is 13.0. The summed E-state index contributed by atoms with van der Waals surface area (Å²) in [7, 11) is 0. The number of carbonyl (C=O) groups excluding carboxylic acids is 1. The van der Waals surface area contributed by atoms with Crippen molar-refractivity contribution in [3.63, 3.8) is 0 Å². The molecule has 4 rings (SSSR count). The Bertz CT molecular complexity index is 1210. The number of anilines is 4. The Hall–Kier alpha value is -5.07. The van der Waals surface area contributed by atoms with Crippen LogP contribution in [0.15, 0.2) is 69.0 Å². The second kappa shape index (κ2) is 8.35. The smallest absolute Gasteiger partial charge is 0.193 e. The molecular formula is C19H18N12O. The van der Waals surface area contributed by atoms with E-state index < -0.39 is 0 Å². The van der Waals surface area contributed by atoms with E-state index in [1.807, 2.05) is 0 Å². The van der Waals surface area contributed by atoms with Crippen LogP contribution < -0.4 is 22.9 Å². The van der Waals surface area contributed by atoms with Gasteiger partial charge in [-0.1, -0.05) is 24.3 Å². The van der Waals surface area contributed by atoms with Crippen molar-refractivity contribution in [2.45, 2.75) is 0 Å². The highest BCUT2D eigenvalue weighted by molar-refractivity contribution is 6.09. The molecule has 0 bridgehead atoms. The summed E-state index contributed by atoms with van der Waals surface area (Å²) in [5.41, 5.74) is 24.9. The van der Waals surface area contributed by atoms with E-state index in [-0.39, 0.29) is 40.4 Å². The van der Waals surface area contributed by atoms with E-state index in [1.165, 1.54) is 0 Å². The quantitative estimate of drug-likeness (QED) is 0.196. The average molecular weight is 430 g/mol. The van der Waals surface area contributed by atoms with Gasteiger partial charge < -0.3 is 22.9 Å². The molecule has 13 nitrogen and oxygen atoms in total. The monoisotopic (exact) mass is 430 g/mol. The van der Waals surface area contributed by atoms with Gasteiger partial charge in [0.15, 0.2) is 28.8 Å². The lowest BCUT2D eigenvalue weighted by molar-refractivity contribution is 0.103. The van der Waals surface area contributed by atoms with Crippen LogP contribution in [-0.2, 0) is 0 Å². The van der Waals surface area contributed by atoms with Gasteiger partial charge in [0, 0.05) is 11.1 Å². The first-order chi connectivity index (χ1) is 15.4. The number of aromatic amines is 2. The molecule has 10 N–H and O–H groups in total. The number of hydrogen-bond donors (Lipinski definition) is 6. The third-order valence-corrected chi connectivity index (χ3v) is 4.34. The first kappa shape index (κ1) is 20.2. The van der Waals surface area contributed by atoms with Crippen LogP contribution in [0.25, 0.3) is 0 Å². The fraction of sp³-hybridized carbons (Fsp3) is 0. The molecule has 13 heteroatoms. The van der Waals surface area contributed by atoms with E-state index in [9.17, 15) is 4.79 Å². The Balaban J connectivity index is 1.56. The molecule has 2 aromatic heterocycles. The number of nitrogens with one attached hydrogen (secondary N) is 2. The maximum atomic E-state index is 13.0. The highest BCUT2D eigenvalue weighted by Crippen LogP contribution is 2.30. The molecule has 4 aromatic rings. The molecule has 0 fully saturated rings. The van der Waals surface area contributed by atoms with Crippen molar-refractivity contribution >= 4 is 51.8 Å². The zero-order chi connectivity index (χ0) is 22.7. The highest BCUT2D eigenvalue weighted by Gasteiger charge is 2.12. The summed E-state index contributed by atoms with van der Waals surface area (Å²) in [6, 6.07) is 13.3. The standard InChI is InChI=1S/C19H18N12O/c20-16-13(17(21)29-28-16)26-24-11-5-1-3-9(7-11)15(32)10-4-2-6-12(8-10)25-27-14-18(22)30-31-19(14)23/h1-8H,(H5,20,21,28,29)(H5,22,23,30,31). The maximum absolute atomic E-state index is 13.0. The molecule has 0 aliphatic rings. The maximum Gasteiger partial charge on any atom is 0.193 e. The van der Waals surface area contributed by atoms with Gasteiger partial charge in [-0.2, -0.15) is 20.4 Å². The van der Waals surface area contributed by atoms with Crippen molar-refractivity contribution in [3.8, 4) is 0 Å². The number of H-pyrrole nitrogens is 2. The van der Waals surface area contributed by atoms with Crippen LogP contribution in [-0.4, -0.2) is 26.2 Å². The van der Waals surface area contributed by atoms with Crippen LogP contribution in [0.5, 0.6) is 0 Å². The summed E-state index contributed by atoms with van der Waals surface area (Å²) >= 11 is 0. The van der Waals surface area contributed by atoms with Crippen molar-refractivity contribution in [2.75, 3.05) is 22.9 Å². The molecule has 0 aliphatic heterocycles. The van der Waals surface area contributed by atoms with Crippen molar-refractivity contribution in [1.29, 1.82) is 0 Å². The number of aromatic nitrogens is 4. The van der Waals surface area contributed by atoms with Crippen LogP contribution in [0.4, 0.5) is 46.0 Å². The predicted molar refractivity (Wildman–Crippen MR) is 119 cm³/mol. The van der Waals surface area contributed by atoms with Crippen molar-refractivity contribution in [3.05, 3.63) is 59.7 Å². The number of hydrogen-bond acceptors (Lipinski definition) is 11. The molecule has 0 aliphatic carbocycles. The number of nitrogens with zero attached hydrogens (tertiary/aromatic N) is 6. The van der Waals surface area contributed by atoms with E-state index in [0.29, 0.717) is 22.5 Å². The largest absolute Gasteiger partial charge is 0.382 e. The fourth-order valence-corrected chi connectivity index (χ4v) is 2.74. The lowest BCUT2D eigenvalue weighted by Gasteiger charge is -2.03. The third-order valence-electron chi connectivity index (χ3n) is 4.34. The van der Waals surface area contributed by atoms with Gasteiger partial charge in [0.25, 0.3) is 0 Å². The Labute approximate surface area is 180 Å². The van der Waals surface area contributed by atoms with Crippen LogP contribution in [0, 0.1) is 0 Å². The van der Waals surface area contributed by atoms with Crippen LogP contribution in [0.1, 0.15) is 15.9 Å². The van der Waals surface area contributed by atoms with E-state index in [2.05, 4.69) is 40.9 Å². The van der Waals surface area contributed by atoms with Crippen molar-refractivity contribution in [1.82, 2.24) is 20.4 Å². The zero-order valence-electron chi connectivity index (χ0n) is 16.5. The Morgan fingerprint density at radius 2 is 1.12 bits per heavy atom. The highest BCUT2D eigenvalue weighted by atomic mass is 16.1. The van der Waals surface area contributed by atoms with E-state index in [4.69, 9.17) is 22.9 Å². The van der Waals surface area contributed by atoms with Crippen LogP contribution in [0.3, 0.4) is 0 Å². The number of carbonyl (C=O) groups is 1. The number of benzene rings is 2. The number of nitrogen functional groups attached to an aromatic ring is 4. The molecule has 0 amide bonds. The molecule has 32 heavy (non-hydrogen) atoms. The second-order valence-corrected chi connectivity index (χ2v) is 6.57. The van der Waals surface area contributed by atoms with Crippen LogP contribution >= 0.6 is 0 Å². The molecule has 160 valence electrons. The van der Waals surface area contributed by atoms with Gasteiger partial charge in [-0.15, -0.1) is 10.2 Å². The van der Waals surface area contributed by atoms with Gasteiger partial charge in [-0.05, 0) is 24.3 Å². The van der Waals surface area contributed by atoms with Crippen LogP contribution in [0.2, 0.25) is 0 Å². The van der Waals surface area contributed by atoms with Gasteiger partial charge in [0.1, 0.15) is 11.6 Å². The Morgan fingerprint density at radius 3 is 1.50 bits per heavy atom. The first-order valence-electron chi connectivity index (χ1n) is 9.19. The molecule has 0 unspecified atom stereocenters. The van der Waals surface area contributed by atoms with Crippen molar-refractivity contribution in [2.24, 2.45) is 20.5 Å². The minimum Gasteiger partial charge on any atom is -0.382 e. The molecule has 0 atom stereocenters. The number of nitrogens with two attached hydrogens (primary N) is 4. The summed E-state index contributed by atoms with van der Waals surface area (Å²) in [5, 5.41) is 28.7. The van der Waals surface area contributed by atoms with Gasteiger partial charge in [0.2, 0.25) is 0 Å². The molecule has 0 radical (unpaired) electrons. The summed E-state index contributed by atoms with van der Waals surface area (Å²) in [6.45, 7) is 0. The predicted octanol–water partition coefficient (Wildman–Crippen LogP) is 3.52. The Kier molecular flexibility index (Phi) is 5.27. The second-order valence-electron chi connectivity index (χ2n) is 6.57. The molecule has 2 heterocycles. The summed E-state index contributed by atoms with van der Waals surface area (Å²) in [6.07, 6.45) is 0. The fourth-order valence-electron chi connectivity index (χ4n) is 2.74. The third kappa shape index (κ3) is 4.11. The van der Waals surface area contributed by atoms with Gasteiger partial charge in [-0.25, -0.2) is 0 Å². The molecule has 2 aromatic carbocycles. The molecular weight excluding hydrogens is 412 g/mol. The minimum absolute atomic E-state index is 0.128. The number of azo groups is 2. The lowest BCUT2D eigenvalue weighted by atomic mass is 10.0. The lowest BCUT2D eigenvalue weighted by Crippen LogP contribution is -2.00. The first-order valence-corrected chi connectivity index (χ1v) is 9.19. The normalized spacial score (nSPS) is 11.5. The summed E-state index contributed by atoms with van der Waals surface area (Å²) < 4.78 is 0. The van der Waals surface area contributed by atoms with E-state index in [0.717, 1.165) is 0 Å². The van der Waals surface area contributed by atoms with Gasteiger partial charge >= 0.3 is 0 Å². The zero-order valence-corrected chi connectivity index (χ0v) is 16.5. The molecule has 0 saturated carbocycles. The summed E-state index contributed by atoms with van der Waals surface area (Å²) in [5.74, 6) is 0.419. The topological polar surface area (TPSA) is 228 Å². The minimum atomic E-state index is -0.233.